The summed E-state index contributed by atoms with van der Waals surface area (Å²) in [4.78, 5) is 12.1. The van der Waals surface area contributed by atoms with Crippen molar-refractivity contribution in [3.05, 3.63) is 64.2 Å². The van der Waals surface area contributed by atoms with Gasteiger partial charge in [0.1, 0.15) is 5.75 Å². The van der Waals surface area contributed by atoms with Gasteiger partial charge in [0.15, 0.2) is 0 Å². The molecule has 1 atom stereocenters. The number of amides is 1. The molecule has 24 heavy (non-hydrogen) atoms. The first-order chi connectivity index (χ1) is 11.5. The number of carbonyl (C=O) groups is 1. The highest BCUT2D eigenvalue weighted by Crippen LogP contribution is 2.17. The van der Waals surface area contributed by atoms with Gasteiger partial charge in [0.05, 0.1) is 12.6 Å². The fourth-order valence-corrected chi connectivity index (χ4v) is 2.51. The molecule has 0 fully saturated rings. The van der Waals surface area contributed by atoms with Crippen molar-refractivity contribution in [2.45, 2.75) is 39.7 Å². The molecule has 3 nitrogen and oxygen atoms in total. The molecule has 0 radical (unpaired) electrons. The van der Waals surface area contributed by atoms with E-state index in [1.165, 1.54) is 11.1 Å². The first kappa shape index (κ1) is 18.3. The van der Waals surface area contributed by atoms with E-state index in [1.807, 2.05) is 19.1 Å². The third-order valence-corrected chi connectivity index (χ3v) is 4.29. The van der Waals surface area contributed by atoms with Crippen molar-refractivity contribution in [1.82, 2.24) is 5.32 Å². The monoisotopic (exact) mass is 345 g/mol. The number of hydrogen-bond donors (Lipinski definition) is 1. The highest BCUT2D eigenvalue weighted by molar-refractivity contribution is 6.30. The molecule has 0 heterocycles. The molecule has 0 unspecified atom stereocenters. The zero-order valence-electron chi connectivity index (χ0n) is 14.4. The highest BCUT2D eigenvalue weighted by Gasteiger charge is 2.10. The molecule has 1 N–H and O–H groups in total. The van der Waals surface area contributed by atoms with Crippen LogP contribution in [0.2, 0.25) is 5.02 Å². The highest BCUT2D eigenvalue weighted by atomic mass is 35.5. The van der Waals surface area contributed by atoms with Crippen molar-refractivity contribution < 1.29 is 9.53 Å². The largest absolute Gasteiger partial charge is 0.494 e. The van der Waals surface area contributed by atoms with Crippen molar-refractivity contribution in [2.75, 3.05) is 6.61 Å². The molecule has 1 amide bonds. The van der Waals surface area contributed by atoms with Crippen LogP contribution >= 0.6 is 11.6 Å². The topological polar surface area (TPSA) is 38.3 Å². The van der Waals surface area contributed by atoms with E-state index < -0.39 is 0 Å². The van der Waals surface area contributed by atoms with Crippen LogP contribution < -0.4 is 10.1 Å². The first-order valence-corrected chi connectivity index (χ1v) is 8.58. The molecule has 0 aliphatic rings. The predicted octanol–water partition coefficient (Wildman–Crippen LogP) is 4.99. The van der Waals surface area contributed by atoms with Crippen LogP contribution in [0, 0.1) is 13.8 Å². The SMILES string of the molecule is Cc1ccc([C@H](C)NC(=O)CCCOc2ccc(Cl)cc2)cc1C. The number of nitrogens with one attached hydrogen (secondary N) is 1. The molecule has 0 aromatic heterocycles. The third-order valence-electron chi connectivity index (χ3n) is 4.04. The molecule has 0 saturated carbocycles. The van der Waals surface area contributed by atoms with Crippen molar-refractivity contribution in [3.8, 4) is 5.75 Å². The van der Waals surface area contributed by atoms with Gasteiger partial charge in [-0.1, -0.05) is 29.8 Å². The van der Waals surface area contributed by atoms with E-state index in [-0.39, 0.29) is 11.9 Å². The van der Waals surface area contributed by atoms with E-state index in [0.29, 0.717) is 24.5 Å². The molecule has 0 spiro atoms. The van der Waals surface area contributed by atoms with Crippen LogP contribution in [0.4, 0.5) is 0 Å². The molecular formula is C20H24ClNO2. The average Bonchev–Trinajstić information content (AvgIpc) is 2.55. The Balaban J connectivity index is 1.72. The number of rotatable bonds is 7. The molecule has 4 heteroatoms. The number of benzene rings is 2. The van der Waals surface area contributed by atoms with Crippen molar-refractivity contribution in [1.29, 1.82) is 0 Å². The van der Waals surface area contributed by atoms with Crippen molar-refractivity contribution in [3.63, 3.8) is 0 Å². The lowest BCUT2D eigenvalue weighted by atomic mass is 10.0. The van der Waals surface area contributed by atoms with E-state index in [1.54, 1.807) is 12.1 Å². The average molecular weight is 346 g/mol. The van der Waals surface area contributed by atoms with Gasteiger partial charge in [-0.3, -0.25) is 4.79 Å². The summed E-state index contributed by atoms with van der Waals surface area (Å²) in [5.41, 5.74) is 3.63. The lowest BCUT2D eigenvalue weighted by molar-refractivity contribution is -0.121. The van der Waals surface area contributed by atoms with Crippen LogP contribution in [-0.2, 0) is 4.79 Å². The summed E-state index contributed by atoms with van der Waals surface area (Å²) in [5.74, 6) is 0.809. The van der Waals surface area contributed by atoms with Gasteiger partial charge in [-0.2, -0.15) is 0 Å². The Bertz CT molecular complexity index is 683. The Morgan fingerprint density at radius 2 is 1.83 bits per heavy atom. The molecular weight excluding hydrogens is 322 g/mol. The van der Waals surface area contributed by atoms with Crippen LogP contribution in [0.1, 0.15) is 42.5 Å². The molecule has 0 aliphatic heterocycles. The molecule has 0 aliphatic carbocycles. The standard InChI is InChI=1S/C20H24ClNO2/c1-14-6-7-17(13-15(14)2)16(3)22-20(23)5-4-12-24-19-10-8-18(21)9-11-19/h6-11,13,16H,4-5,12H2,1-3H3,(H,22,23)/t16-/m0/s1. The van der Waals surface area contributed by atoms with E-state index in [2.05, 4.69) is 37.4 Å². The molecule has 2 rings (SSSR count). The Morgan fingerprint density at radius 3 is 2.50 bits per heavy atom. The van der Waals surface area contributed by atoms with Gasteiger partial charge >= 0.3 is 0 Å². The van der Waals surface area contributed by atoms with Crippen LogP contribution in [-0.4, -0.2) is 12.5 Å². The quantitative estimate of drug-likeness (QED) is 0.717. The zero-order valence-corrected chi connectivity index (χ0v) is 15.2. The summed E-state index contributed by atoms with van der Waals surface area (Å²) in [5, 5.41) is 3.72. The van der Waals surface area contributed by atoms with E-state index in [4.69, 9.17) is 16.3 Å². The summed E-state index contributed by atoms with van der Waals surface area (Å²) < 4.78 is 5.59. The van der Waals surface area contributed by atoms with Gasteiger partial charge in [-0.25, -0.2) is 0 Å². The summed E-state index contributed by atoms with van der Waals surface area (Å²) in [7, 11) is 0. The maximum Gasteiger partial charge on any atom is 0.220 e. The molecule has 0 bridgehead atoms. The molecule has 0 saturated heterocycles. The maximum atomic E-state index is 12.1. The van der Waals surface area contributed by atoms with E-state index in [9.17, 15) is 4.79 Å². The second-order valence-corrected chi connectivity index (χ2v) is 6.48. The van der Waals surface area contributed by atoms with Crippen LogP contribution in [0.25, 0.3) is 0 Å². The van der Waals surface area contributed by atoms with Crippen LogP contribution in [0.5, 0.6) is 5.75 Å². The zero-order chi connectivity index (χ0) is 17.5. The minimum atomic E-state index is 0.00832. The third kappa shape index (κ3) is 5.57. The number of ether oxygens (including phenoxy) is 1. The van der Waals surface area contributed by atoms with E-state index in [0.717, 1.165) is 11.3 Å². The Hall–Kier alpha value is -2.00. The predicted molar refractivity (Wildman–Crippen MR) is 98.7 cm³/mol. The smallest absolute Gasteiger partial charge is 0.220 e. The Labute approximate surface area is 149 Å². The van der Waals surface area contributed by atoms with Gasteiger partial charge in [0, 0.05) is 11.4 Å². The molecule has 2 aromatic rings. The second-order valence-electron chi connectivity index (χ2n) is 6.04. The second kappa shape index (κ2) is 8.74. The van der Waals surface area contributed by atoms with Crippen LogP contribution in [0.3, 0.4) is 0 Å². The van der Waals surface area contributed by atoms with Gasteiger partial charge in [0.25, 0.3) is 0 Å². The van der Waals surface area contributed by atoms with Gasteiger partial charge < -0.3 is 10.1 Å². The lowest BCUT2D eigenvalue weighted by Crippen LogP contribution is -2.26. The summed E-state index contributed by atoms with van der Waals surface area (Å²) in [6, 6.07) is 13.5. The number of carbonyl (C=O) groups excluding carboxylic acids is 1. The van der Waals surface area contributed by atoms with Gasteiger partial charge in [-0.15, -0.1) is 0 Å². The van der Waals surface area contributed by atoms with Crippen molar-refractivity contribution in [2.24, 2.45) is 0 Å². The minimum Gasteiger partial charge on any atom is -0.494 e. The Morgan fingerprint density at radius 1 is 1.12 bits per heavy atom. The summed E-state index contributed by atoms with van der Waals surface area (Å²) in [6.45, 7) is 6.68. The van der Waals surface area contributed by atoms with Gasteiger partial charge in [-0.05, 0) is 68.1 Å². The number of hydrogen-bond acceptors (Lipinski definition) is 2. The molecule has 128 valence electrons. The van der Waals surface area contributed by atoms with Crippen LogP contribution in [0.15, 0.2) is 42.5 Å². The van der Waals surface area contributed by atoms with E-state index >= 15 is 0 Å². The summed E-state index contributed by atoms with van der Waals surface area (Å²) >= 11 is 5.82. The first-order valence-electron chi connectivity index (χ1n) is 8.20. The Kier molecular flexibility index (Phi) is 6.68. The maximum absolute atomic E-state index is 12.1. The fraction of sp³-hybridized carbons (Fsp3) is 0.350. The minimum absolute atomic E-state index is 0.00832. The number of halogens is 1. The molecule has 2 aromatic carbocycles. The van der Waals surface area contributed by atoms with Crippen molar-refractivity contribution >= 4 is 17.5 Å². The fourth-order valence-electron chi connectivity index (χ4n) is 2.38. The number of aryl methyl sites for hydroxylation is 2. The normalized spacial score (nSPS) is 11.8. The van der Waals surface area contributed by atoms with Gasteiger partial charge in [0.2, 0.25) is 5.91 Å². The summed E-state index contributed by atoms with van der Waals surface area (Å²) in [6.07, 6.45) is 1.12. The lowest BCUT2D eigenvalue weighted by Gasteiger charge is -2.16.